The van der Waals surface area contributed by atoms with Gasteiger partial charge < -0.3 is 24.6 Å². The minimum Gasteiger partial charge on any atom is -0.496 e. The zero-order chi connectivity index (χ0) is 27.5. The third-order valence-electron chi connectivity index (χ3n) is 8.97. The number of halogens is 1. The van der Waals surface area contributed by atoms with Crippen molar-refractivity contribution in [2.75, 3.05) is 33.9 Å². The second kappa shape index (κ2) is 12.2. The van der Waals surface area contributed by atoms with Crippen molar-refractivity contribution in [1.29, 1.82) is 0 Å². The molecular weight excluding hydrogens is 514 g/mol. The highest BCUT2D eigenvalue weighted by molar-refractivity contribution is 6.34. The Balaban J connectivity index is 1.27. The Kier molecular flexibility index (Phi) is 8.67. The van der Waals surface area contributed by atoms with Crippen LogP contribution in [0.4, 0.5) is 4.79 Å². The fraction of sp³-hybridized carbons (Fsp3) is 0.548. The standard InChI is InChI=1S/C31H40ClN3O4/c1-4-39-31(37)35-23-7-9-24(19-25(35)10-8-23)34-15-13-20(14-16-34)27-17-21(6-12-29(27)38-3)22-5-11-26(28(32)18-22)30(36)33-2/h5-6,11-12,17-18,20,23-25H,4,7-10,13-16,19H2,1-3H3,(H,33,36). The molecule has 5 rings (SSSR count). The van der Waals surface area contributed by atoms with Crippen LogP contribution in [-0.4, -0.2) is 73.8 Å². The number of ether oxygens (including phenoxy) is 2. The summed E-state index contributed by atoms with van der Waals surface area (Å²) in [4.78, 5) is 29.4. The molecule has 3 atom stereocenters. The summed E-state index contributed by atoms with van der Waals surface area (Å²) < 4.78 is 11.2. The lowest BCUT2D eigenvalue weighted by Crippen LogP contribution is -2.44. The number of likely N-dealkylation sites (tertiary alicyclic amines) is 1. The molecule has 3 fully saturated rings. The van der Waals surface area contributed by atoms with E-state index in [1.165, 1.54) is 5.56 Å². The Morgan fingerprint density at radius 1 is 0.949 bits per heavy atom. The lowest BCUT2D eigenvalue weighted by atomic mass is 9.85. The van der Waals surface area contributed by atoms with E-state index in [-0.39, 0.29) is 12.0 Å². The molecule has 2 aromatic carbocycles. The molecule has 39 heavy (non-hydrogen) atoms. The van der Waals surface area contributed by atoms with Gasteiger partial charge in [-0.25, -0.2) is 4.79 Å². The molecule has 210 valence electrons. The van der Waals surface area contributed by atoms with Gasteiger partial charge in [0.05, 0.1) is 24.3 Å². The molecule has 3 unspecified atom stereocenters. The van der Waals surface area contributed by atoms with Crippen LogP contribution in [0.1, 0.15) is 73.7 Å². The van der Waals surface area contributed by atoms with Gasteiger partial charge in [0.2, 0.25) is 0 Å². The van der Waals surface area contributed by atoms with E-state index in [9.17, 15) is 9.59 Å². The van der Waals surface area contributed by atoms with Crippen molar-refractivity contribution in [3.63, 3.8) is 0 Å². The summed E-state index contributed by atoms with van der Waals surface area (Å²) in [5.41, 5.74) is 3.75. The van der Waals surface area contributed by atoms with Crippen molar-refractivity contribution in [2.24, 2.45) is 0 Å². The summed E-state index contributed by atoms with van der Waals surface area (Å²) >= 11 is 6.45. The molecule has 3 heterocycles. The van der Waals surface area contributed by atoms with Crippen molar-refractivity contribution < 1.29 is 19.1 Å². The van der Waals surface area contributed by atoms with Crippen molar-refractivity contribution in [3.05, 3.63) is 52.5 Å². The smallest absolute Gasteiger partial charge is 0.410 e. The van der Waals surface area contributed by atoms with Crippen LogP contribution in [0.3, 0.4) is 0 Å². The number of piperidine rings is 1. The number of amides is 2. The lowest BCUT2D eigenvalue weighted by molar-refractivity contribution is 0.0844. The number of nitrogens with one attached hydrogen (secondary N) is 1. The topological polar surface area (TPSA) is 71.1 Å². The van der Waals surface area contributed by atoms with Gasteiger partial charge in [-0.3, -0.25) is 4.79 Å². The van der Waals surface area contributed by atoms with E-state index in [0.29, 0.717) is 41.2 Å². The Hall–Kier alpha value is -2.77. The largest absolute Gasteiger partial charge is 0.496 e. The third-order valence-corrected chi connectivity index (χ3v) is 9.28. The summed E-state index contributed by atoms with van der Waals surface area (Å²) in [7, 11) is 3.34. The lowest BCUT2D eigenvalue weighted by Gasteiger charge is -2.39. The predicted octanol–water partition coefficient (Wildman–Crippen LogP) is 6.10. The van der Waals surface area contributed by atoms with Crippen molar-refractivity contribution >= 4 is 23.6 Å². The van der Waals surface area contributed by atoms with Gasteiger partial charge in [0.1, 0.15) is 5.75 Å². The number of methoxy groups -OCH3 is 1. The van der Waals surface area contributed by atoms with Crippen LogP contribution in [0.5, 0.6) is 5.75 Å². The van der Waals surface area contributed by atoms with Gasteiger partial charge >= 0.3 is 6.09 Å². The maximum atomic E-state index is 12.6. The van der Waals surface area contributed by atoms with Crippen LogP contribution >= 0.6 is 11.6 Å². The molecule has 3 saturated heterocycles. The quantitative estimate of drug-likeness (QED) is 0.468. The molecule has 3 aliphatic heterocycles. The number of nitrogens with zero attached hydrogens (tertiary/aromatic N) is 2. The van der Waals surface area contributed by atoms with Crippen LogP contribution in [0.2, 0.25) is 5.02 Å². The van der Waals surface area contributed by atoms with Gasteiger partial charge in [-0.15, -0.1) is 0 Å². The zero-order valence-corrected chi connectivity index (χ0v) is 24.0. The Morgan fingerprint density at radius 3 is 2.28 bits per heavy atom. The maximum Gasteiger partial charge on any atom is 0.410 e. The van der Waals surface area contributed by atoms with Gasteiger partial charge in [-0.1, -0.05) is 23.7 Å². The van der Waals surface area contributed by atoms with Crippen molar-refractivity contribution in [1.82, 2.24) is 15.1 Å². The van der Waals surface area contributed by atoms with Gasteiger partial charge in [-0.2, -0.15) is 0 Å². The number of benzene rings is 2. The predicted molar refractivity (Wildman–Crippen MR) is 154 cm³/mol. The first-order valence-corrected chi connectivity index (χ1v) is 14.7. The molecule has 0 aliphatic carbocycles. The zero-order valence-electron chi connectivity index (χ0n) is 23.2. The van der Waals surface area contributed by atoms with E-state index < -0.39 is 0 Å². The first-order chi connectivity index (χ1) is 18.9. The molecule has 2 bridgehead atoms. The van der Waals surface area contributed by atoms with E-state index in [0.717, 1.165) is 74.9 Å². The number of hydrogen-bond acceptors (Lipinski definition) is 5. The Bertz CT molecular complexity index is 1200. The average molecular weight is 554 g/mol. The summed E-state index contributed by atoms with van der Waals surface area (Å²) in [6, 6.07) is 13.1. The van der Waals surface area contributed by atoms with Gasteiger partial charge in [-0.05, 0) is 112 Å². The molecule has 2 aromatic rings. The van der Waals surface area contributed by atoms with E-state index in [1.807, 2.05) is 25.1 Å². The molecule has 7 nitrogen and oxygen atoms in total. The normalized spacial score (nSPS) is 23.8. The molecule has 1 N–H and O–H groups in total. The minimum absolute atomic E-state index is 0.124. The molecule has 0 spiro atoms. The number of hydrogen-bond donors (Lipinski definition) is 1. The first-order valence-electron chi connectivity index (χ1n) is 14.3. The number of fused-ring (bicyclic) bond motifs is 2. The van der Waals surface area contributed by atoms with Crippen LogP contribution in [0, 0.1) is 0 Å². The van der Waals surface area contributed by atoms with Crippen LogP contribution < -0.4 is 10.1 Å². The SMILES string of the molecule is CCOC(=O)N1C2CCC(N3CCC(c4cc(-c5ccc(C(=O)NC)c(Cl)c5)ccc4OC)CC3)CC1CC2. The number of rotatable bonds is 6. The Labute approximate surface area is 236 Å². The highest BCUT2D eigenvalue weighted by atomic mass is 35.5. The summed E-state index contributed by atoms with van der Waals surface area (Å²) in [5, 5.41) is 3.07. The fourth-order valence-electron chi connectivity index (χ4n) is 6.94. The summed E-state index contributed by atoms with van der Waals surface area (Å²) in [6.07, 6.45) is 7.48. The molecule has 2 amide bonds. The maximum absolute atomic E-state index is 12.6. The third kappa shape index (κ3) is 5.75. The number of carbonyl (C=O) groups excluding carboxylic acids is 2. The van der Waals surface area contributed by atoms with Crippen molar-refractivity contribution in [3.8, 4) is 16.9 Å². The molecule has 3 aliphatic rings. The summed E-state index contributed by atoms with van der Waals surface area (Å²) in [5.74, 6) is 1.14. The van der Waals surface area contributed by atoms with Crippen LogP contribution in [0.15, 0.2) is 36.4 Å². The second-order valence-corrected chi connectivity index (χ2v) is 11.4. The van der Waals surface area contributed by atoms with E-state index >= 15 is 0 Å². The number of carbonyl (C=O) groups is 2. The highest BCUT2D eigenvalue weighted by Gasteiger charge is 2.43. The van der Waals surface area contributed by atoms with Crippen LogP contribution in [0.25, 0.3) is 11.1 Å². The van der Waals surface area contributed by atoms with E-state index in [2.05, 4.69) is 27.2 Å². The van der Waals surface area contributed by atoms with E-state index in [4.69, 9.17) is 21.1 Å². The molecule has 8 heteroatoms. The Morgan fingerprint density at radius 2 is 1.62 bits per heavy atom. The molecular formula is C31H40ClN3O4. The molecule has 0 aromatic heterocycles. The van der Waals surface area contributed by atoms with E-state index in [1.54, 1.807) is 20.2 Å². The first kappa shape index (κ1) is 27.8. The highest BCUT2D eigenvalue weighted by Crippen LogP contribution is 2.41. The van der Waals surface area contributed by atoms with Gasteiger partial charge in [0.15, 0.2) is 0 Å². The summed E-state index contributed by atoms with van der Waals surface area (Å²) in [6.45, 7) is 4.41. The second-order valence-electron chi connectivity index (χ2n) is 11.0. The van der Waals surface area contributed by atoms with Crippen molar-refractivity contribution in [2.45, 2.75) is 75.9 Å². The molecule has 0 radical (unpaired) electrons. The van der Waals surface area contributed by atoms with Crippen LogP contribution in [-0.2, 0) is 4.74 Å². The fourth-order valence-corrected chi connectivity index (χ4v) is 7.21. The monoisotopic (exact) mass is 553 g/mol. The molecule has 0 saturated carbocycles. The average Bonchev–Trinajstić information content (AvgIpc) is 3.26. The minimum atomic E-state index is -0.191. The van der Waals surface area contributed by atoms with Gasteiger partial charge in [0.25, 0.3) is 5.91 Å². The van der Waals surface area contributed by atoms with Gasteiger partial charge in [0, 0.05) is 25.2 Å².